The highest BCUT2D eigenvalue weighted by molar-refractivity contribution is 6.32. The summed E-state index contributed by atoms with van der Waals surface area (Å²) in [4.78, 5) is 89.1. The number of halogens is 1. The Balaban J connectivity index is 1.05. The highest BCUT2D eigenvalue weighted by atomic mass is 19.1. The summed E-state index contributed by atoms with van der Waals surface area (Å²) in [5, 5.41) is 41.5. The van der Waals surface area contributed by atoms with E-state index in [1.807, 2.05) is 17.9 Å². The van der Waals surface area contributed by atoms with Gasteiger partial charge in [0, 0.05) is 99.6 Å². The van der Waals surface area contributed by atoms with Crippen LogP contribution in [0.1, 0.15) is 140 Å². The fourth-order valence-corrected chi connectivity index (χ4v) is 12.6. The van der Waals surface area contributed by atoms with Crippen molar-refractivity contribution in [1.29, 1.82) is 0 Å². The molecule has 424 valence electrons. The lowest BCUT2D eigenvalue weighted by molar-refractivity contribution is -0.160. The topological polar surface area (TPSA) is 235 Å². The standard InChI is InChI=1S/C60H74FN5O13/c1-28-14-12-15-29(2)58(74)63-46-49(65-22-19-39(26-65)62-38-16-13-21-64(25-38)48-32(5)47-40(37-17-18-37)24-30(3)59(75)66(47)27-41(48)61)54(72)43-44(53(46)71)52(70)35(8)56-45(43)57(73)60(10,79-56)77-23-20-42(76-11)31(4)55(78-36(9)67)34(7)51(69)33(6)50(28)68/h12,14-15,20,23-24,27-28,31,33-34,37-39,42,50-51,55,62,68-70H,13,16-19,21-22,25-26H2,1-11H3,(H,63,74)/b14-12+,23-20+,29-15-/t28-,31+,33+,34+,38?,39?,42-,50-,51+,55+,60-/m0/s1. The van der Waals surface area contributed by atoms with Gasteiger partial charge in [0.15, 0.2) is 5.82 Å². The van der Waals surface area contributed by atoms with Gasteiger partial charge in [0.1, 0.15) is 29.0 Å². The zero-order valence-corrected chi connectivity index (χ0v) is 46.9. The normalized spacial score (nSPS) is 31.4. The molecule has 10 rings (SSSR count). The van der Waals surface area contributed by atoms with Crippen LogP contribution in [0.5, 0.6) is 11.5 Å². The Bertz CT molecular complexity index is 3210. The molecule has 5 aliphatic heterocycles. The number of aliphatic hydroxyl groups excluding tert-OH is 2. The van der Waals surface area contributed by atoms with E-state index in [0.29, 0.717) is 42.2 Å². The van der Waals surface area contributed by atoms with Crippen molar-refractivity contribution in [2.24, 2.45) is 23.7 Å². The minimum absolute atomic E-state index is 0.0239. The fourth-order valence-electron chi connectivity index (χ4n) is 12.6. The molecule has 2 saturated heterocycles. The number of hydrogen-bond acceptors (Lipinski definition) is 16. The number of phenols is 1. The molecule has 0 spiro atoms. The number of methoxy groups -OCH3 is 1. The van der Waals surface area contributed by atoms with Gasteiger partial charge in [0.2, 0.25) is 11.6 Å². The summed E-state index contributed by atoms with van der Waals surface area (Å²) in [5.74, 6) is -9.65. The number of amides is 1. The van der Waals surface area contributed by atoms with E-state index in [0.717, 1.165) is 36.8 Å². The van der Waals surface area contributed by atoms with Crippen LogP contribution in [0.15, 0.2) is 64.6 Å². The largest absolute Gasteiger partial charge is 0.507 e. The van der Waals surface area contributed by atoms with Crippen LogP contribution in [0.4, 0.5) is 10.1 Å². The van der Waals surface area contributed by atoms with E-state index in [4.69, 9.17) is 18.9 Å². The van der Waals surface area contributed by atoms with Crippen molar-refractivity contribution in [3.05, 3.63) is 115 Å². The van der Waals surface area contributed by atoms with E-state index in [-0.39, 0.29) is 58.9 Å². The summed E-state index contributed by atoms with van der Waals surface area (Å²) < 4.78 is 41.6. The lowest BCUT2D eigenvalue weighted by atomic mass is 9.78. The average Bonchev–Trinajstić information content (AvgIpc) is 4.11. The Labute approximate surface area is 459 Å². The first-order valence-electron chi connectivity index (χ1n) is 27.5. The Morgan fingerprint density at radius 1 is 0.861 bits per heavy atom. The summed E-state index contributed by atoms with van der Waals surface area (Å²) in [6.07, 6.45) is 8.66. The molecule has 3 aromatic rings. The second-order valence-corrected chi connectivity index (χ2v) is 22.9. The van der Waals surface area contributed by atoms with E-state index in [1.54, 1.807) is 51.7 Å². The molecule has 3 fully saturated rings. The minimum atomic E-state index is -2.14. The molecule has 0 radical (unpaired) electrons. The number of aryl methyl sites for hydroxylation is 2. The number of aromatic hydroxyl groups is 1. The summed E-state index contributed by atoms with van der Waals surface area (Å²) in [6.45, 7) is 17.5. The third kappa shape index (κ3) is 10.4. The van der Waals surface area contributed by atoms with Crippen LogP contribution in [-0.4, -0.2) is 129 Å². The Hall–Kier alpha value is -6.67. The van der Waals surface area contributed by atoms with E-state index in [1.165, 1.54) is 63.8 Å². The first-order chi connectivity index (χ1) is 37.4. The SMILES string of the molecule is CO[C@H]1/C=C/O[C@@]2(C)Oc3c(C)c(O)c4c(c3C2=O)C(=O)C(N2CCC(NC3CCCN(c5c(F)cn6c(=O)c(C)cc(C7CC7)c6c5C)C3)C2)=C(NC(=O)/C(C)=C\C=C\[C@H](C)[C@H](O)[C@@H](C)[C@@H](O)[C@@H](C)[C@H](OC(C)=O)[C@@H]1C)C4=O. The maximum atomic E-state index is 16.3. The number of anilines is 1. The molecule has 11 atom stereocenters. The molecule has 7 aliphatic rings. The summed E-state index contributed by atoms with van der Waals surface area (Å²) in [5.41, 5.74) is 1.66. The number of aromatic nitrogens is 1. The number of likely N-dealkylation sites (tertiary alicyclic amines) is 1. The number of pyridine rings is 2. The number of esters is 1. The smallest absolute Gasteiger partial charge is 0.312 e. The fraction of sp³-hybridized carbons (Fsp3) is 0.533. The molecular formula is C60H74FN5O13. The zero-order valence-electron chi connectivity index (χ0n) is 46.9. The Morgan fingerprint density at radius 2 is 1.56 bits per heavy atom. The molecule has 19 heteroatoms. The number of fused-ring (bicyclic) bond motifs is 15. The van der Waals surface area contributed by atoms with Gasteiger partial charge in [0.25, 0.3) is 17.2 Å². The maximum absolute atomic E-state index is 16.3. The third-order valence-electron chi connectivity index (χ3n) is 17.3. The van der Waals surface area contributed by atoms with Crippen LogP contribution in [0.25, 0.3) is 5.52 Å². The monoisotopic (exact) mass is 1090 g/mol. The number of carbonyl (C=O) groups is 5. The van der Waals surface area contributed by atoms with Crippen LogP contribution in [0, 0.1) is 50.3 Å². The molecule has 2 unspecified atom stereocenters. The van der Waals surface area contributed by atoms with Gasteiger partial charge >= 0.3 is 11.8 Å². The Morgan fingerprint density at radius 3 is 2.24 bits per heavy atom. The number of hydrogen-bond donors (Lipinski definition) is 5. The number of allylic oxidation sites excluding steroid dienone is 4. The molecular weight excluding hydrogens is 1020 g/mol. The number of carbonyl (C=O) groups excluding carboxylic acids is 5. The van der Waals surface area contributed by atoms with Crippen molar-refractivity contribution in [3.63, 3.8) is 0 Å². The molecule has 5 N–H and O–H groups in total. The van der Waals surface area contributed by atoms with Crippen molar-refractivity contribution in [2.75, 3.05) is 38.2 Å². The van der Waals surface area contributed by atoms with E-state index in [9.17, 15) is 34.5 Å². The van der Waals surface area contributed by atoms with Crippen LogP contribution < -0.4 is 25.8 Å². The number of ketones is 3. The number of ether oxygens (including phenoxy) is 4. The van der Waals surface area contributed by atoms with Crippen molar-refractivity contribution in [1.82, 2.24) is 19.9 Å². The van der Waals surface area contributed by atoms with Gasteiger partial charge in [-0.3, -0.25) is 33.2 Å². The van der Waals surface area contributed by atoms with Gasteiger partial charge < -0.3 is 54.7 Å². The maximum Gasteiger partial charge on any atom is 0.312 e. The lowest BCUT2D eigenvalue weighted by Crippen LogP contribution is -2.50. The highest BCUT2D eigenvalue weighted by Gasteiger charge is 2.54. The predicted molar refractivity (Wildman–Crippen MR) is 292 cm³/mol. The van der Waals surface area contributed by atoms with Crippen molar-refractivity contribution < 1.29 is 62.6 Å². The molecule has 7 heterocycles. The molecule has 2 aromatic heterocycles. The summed E-state index contributed by atoms with van der Waals surface area (Å²) in [7, 11) is 1.43. The number of aliphatic hydroxyl groups is 2. The molecule has 1 saturated carbocycles. The molecule has 79 heavy (non-hydrogen) atoms. The number of rotatable bonds is 7. The van der Waals surface area contributed by atoms with Crippen molar-refractivity contribution in [3.8, 4) is 11.5 Å². The van der Waals surface area contributed by atoms with E-state index < -0.39 is 111 Å². The summed E-state index contributed by atoms with van der Waals surface area (Å²) in [6, 6.07) is 1.57. The second-order valence-electron chi connectivity index (χ2n) is 22.9. The average molecular weight is 1090 g/mol. The van der Waals surface area contributed by atoms with E-state index in [2.05, 4.69) is 10.6 Å². The predicted octanol–water partition coefficient (Wildman–Crippen LogP) is 6.54. The minimum Gasteiger partial charge on any atom is -0.507 e. The number of phenolic OH excluding ortho intramolecular Hbond substituents is 1. The molecule has 1 aromatic carbocycles. The summed E-state index contributed by atoms with van der Waals surface area (Å²) >= 11 is 0. The van der Waals surface area contributed by atoms with E-state index >= 15 is 14.0 Å². The van der Waals surface area contributed by atoms with Gasteiger partial charge in [0.05, 0.1) is 58.7 Å². The van der Waals surface area contributed by atoms with Gasteiger partial charge in [-0.2, -0.15) is 0 Å². The van der Waals surface area contributed by atoms with Crippen LogP contribution >= 0.6 is 0 Å². The lowest BCUT2D eigenvalue weighted by Gasteiger charge is -2.38. The van der Waals surface area contributed by atoms with Gasteiger partial charge in [-0.05, 0) is 89.0 Å². The number of Topliss-reactive ketones (excluding diaryl/α,β-unsaturated/α-hetero) is 3. The zero-order chi connectivity index (χ0) is 57.3. The first kappa shape index (κ1) is 57.0. The van der Waals surface area contributed by atoms with Crippen LogP contribution in [0.2, 0.25) is 0 Å². The molecule has 2 aliphatic carbocycles. The van der Waals surface area contributed by atoms with Crippen LogP contribution in [-0.2, 0) is 23.8 Å². The molecule has 5 bridgehead atoms. The van der Waals surface area contributed by atoms with Gasteiger partial charge in [-0.25, -0.2) is 4.39 Å². The molecule has 1 amide bonds. The first-order valence-corrected chi connectivity index (χ1v) is 27.5. The van der Waals surface area contributed by atoms with Gasteiger partial charge in [-0.15, -0.1) is 0 Å². The van der Waals surface area contributed by atoms with Gasteiger partial charge in [-0.1, -0.05) is 45.9 Å². The molecule has 18 nitrogen and oxygen atoms in total. The second kappa shape index (κ2) is 22.1. The quantitative estimate of drug-likeness (QED) is 0.158. The number of piperidine rings is 1. The third-order valence-corrected chi connectivity index (χ3v) is 17.3. The van der Waals surface area contributed by atoms with Crippen molar-refractivity contribution in [2.45, 2.75) is 150 Å². The van der Waals surface area contributed by atoms with Crippen molar-refractivity contribution >= 4 is 40.4 Å². The van der Waals surface area contributed by atoms with Crippen LogP contribution in [0.3, 0.4) is 0 Å². The highest BCUT2D eigenvalue weighted by Crippen LogP contribution is 2.50. The Kier molecular flexibility index (Phi) is 16.0. The number of nitrogens with zero attached hydrogens (tertiary/aromatic N) is 3. The number of benzene rings is 1. The number of nitrogens with one attached hydrogen (secondary N) is 2.